The number of hydrogen-bond donors (Lipinski definition) is 2. The monoisotopic (exact) mass is 269 g/mol. The molecule has 7 nitrogen and oxygen atoms in total. The molecule has 0 fully saturated rings. The van der Waals surface area contributed by atoms with E-state index in [1.807, 2.05) is 0 Å². The van der Waals surface area contributed by atoms with E-state index in [0.717, 1.165) is 12.1 Å². The van der Waals surface area contributed by atoms with Crippen LogP contribution in [0.25, 0.3) is 0 Å². The van der Waals surface area contributed by atoms with Crippen LogP contribution in [0.3, 0.4) is 0 Å². The highest BCUT2D eigenvalue weighted by Gasteiger charge is 2.21. The lowest BCUT2D eigenvalue weighted by molar-refractivity contribution is -0.384. The largest absolute Gasteiger partial charge is 0.393 e. The standard InChI is InChI=1S/C10H11N3O4S/c1-3-7(2)12-18(16,17)8-4-5-9(11)10(6-8)13(14)15/h1,4-7,12H,11H2,2H3. The summed E-state index contributed by atoms with van der Waals surface area (Å²) in [5.41, 5.74) is 4.80. The van der Waals surface area contributed by atoms with Gasteiger partial charge in [-0.25, -0.2) is 8.42 Å². The molecule has 18 heavy (non-hydrogen) atoms. The van der Waals surface area contributed by atoms with E-state index in [4.69, 9.17) is 12.2 Å². The zero-order chi connectivity index (χ0) is 13.9. The molecule has 8 heteroatoms. The fourth-order valence-corrected chi connectivity index (χ4v) is 2.37. The van der Waals surface area contributed by atoms with Crippen LogP contribution < -0.4 is 10.5 Å². The molecule has 0 aliphatic rings. The Balaban J connectivity index is 3.23. The lowest BCUT2D eigenvalue weighted by Gasteiger charge is -2.09. The molecule has 0 aromatic heterocycles. The number of nitrogen functional groups attached to an aromatic ring is 1. The number of nitrogens with zero attached hydrogens (tertiary/aromatic N) is 1. The first kappa shape index (κ1) is 14.0. The van der Waals surface area contributed by atoms with Crippen molar-refractivity contribution in [2.24, 2.45) is 0 Å². The van der Waals surface area contributed by atoms with Crippen molar-refractivity contribution < 1.29 is 13.3 Å². The summed E-state index contributed by atoms with van der Waals surface area (Å²) in [6, 6.07) is 2.51. The molecule has 0 radical (unpaired) electrons. The number of nitro groups is 1. The summed E-state index contributed by atoms with van der Waals surface area (Å²) in [6.07, 6.45) is 5.05. The Morgan fingerprint density at radius 1 is 1.56 bits per heavy atom. The molecule has 1 unspecified atom stereocenters. The number of sulfonamides is 1. The van der Waals surface area contributed by atoms with Gasteiger partial charge in [-0.3, -0.25) is 10.1 Å². The van der Waals surface area contributed by atoms with Crippen LogP contribution in [0.4, 0.5) is 11.4 Å². The summed E-state index contributed by atoms with van der Waals surface area (Å²) in [7, 11) is -3.90. The molecule has 0 saturated carbocycles. The third-order valence-corrected chi connectivity index (χ3v) is 3.63. The van der Waals surface area contributed by atoms with Crippen molar-refractivity contribution in [3.05, 3.63) is 28.3 Å². The Morgan fingerprint density at radius 2 is 2.17 bits per heavy atom. The van der Waals surface area contributed by atoms with E-state index in [0.29, 0.717) is 0 Å². The van der Waals surface area contributed by atoms with E-state index >= 15 is 0 Å². The summed E-state index contributed by atoms with van der Waals surface area (Å²) in [5.74, 6) is 2.19. The third kappa shape index (κ3) is 2.97. The predicted octanol–water partition coefficient (Wildman–Crippen LogP) is 0.477. The van der Waals surface area contributed by atoms with Crippen LogP contribution in [0, 0.1) is 22.5 Å². The van der Waals surface area contributed by atoms with E-state index in [2.05, 4.69) is 10.6 Å². The van der Waals surface area contributed by atoms with Gasteiger partial charge >= 0.3 is 0 Å². The van der Waals surface area contributed by atoms with Gasteiger partial charge in [0.15, 0.2) is 0 Å². The van der Waals surface area contributed by atoms with Gasteiger partial charge in [0.1, 0.15) is 5.69 Å². The highest BCUT2D eigenvalue weighted by molar-refractivity contribution is 7.89. The first-order chi connectivity index (χ1) is 8.27. The van der Waals surface area contributed by atoms with Crippen LogP contribution in [0.15, 0.2) is 23.1 Å². The SMILES string of the molecule is C#CC(C)NS(=O)(=O)c1ccc(N)c([N+](=O)[O-])c1. The zero-order valence-corrected chi connectivity index (χ0v) is 10.3. The average Bonchev–Trinajstić information content (AvgIpc) is 2.28. The third-order valence-electron chi connectivity index (χ3n) is 2.09. The molecule has 0 heterocycles. The van der Waals surface area contributed by atoms with Gasteiger partial charge in [0.2, 0.25) is 10.0 Å². The Bertz CT molecular complexity index is 619. The number of hydrogen-bond acceptors (Lipinski definition) is 5. The number of nitro benzene ring substituents is 1. The maximum atomic E-state index is 11.8. The van der Waals surface area contributed by atoms with E-state index in [1.54, 1.807) is 0 Å². The molecular formula is C10H11N3O4S. The molecule has 0 amide bonds. The van der Waals surface area contributed by atoms with E-state index in [1.165, 1.54) is 13.0 Å². The molecular weight excluding hydrogens is 258 g/mol. The van der Waals surface area contributed by atoms with Gasteiger partial charge in [-0.1, -0.05) is 5.92 Å². The normalized spacial score (nSPS) is 12.7. The van der Waals surface area contributed by atoms with Crippen molar-refractivity contribution in [3.63, 3.8) is 0 Å². The van der Waals surface area contributed by atoms with Crippen LogP contribution in [0.2, 0.25) is 0 Å². The second-order valence-corrected chi connectivity index (χ2v) is 5.20. The topological polar surface area (TPSA) is 115 Å². The molecule has 1 atom stereocenters. The number of terminal acetylenes is 1. The van der Waals surface area contributed by atoms with E-state index in [9.17, 15) is 18.5 Å². The fourth-order valence-electron chi connectivity index (χ4n) is 1.18. The highest BCUT2D eigenvalue weighted by Crippen LogP contribution is 2.24. The van der Waals surface area contributed by atoms with Crippen molar-refractivity contribution >= 4 is 21.4 Å². The van der Waals surface area contributed by atoms with Crippen LogP contribution in [0.5, 0.6) is 0 Å². The number of rotatable bonds is 4. The van der Waals surface area contributed by atoms with Gasteiger partial charge < -0.3 is 5.73 Å². The second-order valence-electron chi connectivity index (χ2n) is 3.49. The van der Waals surface area contributed by atoms with Gasteiger partial charge in [-0.05, 0) is 19.1 Å². The minimum absolute atomic E-state index is 0.107. The average molecular weight is 269 g/mol. The minimum atomic E-state index is -3.90. The minimum Gasteiger partial charge on any atom is -0.393 e. The van der Waals surface area contributed by atoms with Gasteiger partial charge in [0.05, 0.1) is 15.9 Å². The molecule has 0 aliphatic carbocycles. The lowest BCUT2D eigenvalue weighted by Crippen LogP contribution is -2.31. The molecule has 0 spiro atoms. The molecule has 1 rings (SSSR count). The van der Waals surface area contributed by atoms with Gasteiger partial charge in [-0.2, -0.15) is 4.72 Å². The van der Waals surface area contributed by atoms with Crippen molar-refractivity contribution in [3.8, 4) is 12.3 Å². The fraction of sp³-hybridized carbons (Fsp3) is 0.200. The van der Waals surface area contributed by atoms with Crippen LogP contribution in [-0.2, 0) is 10.0 Å². The van der Waals surface area contributed by atoms with Crippen molar-refractivity contribution in [2.45, 2.75) is 17.9 Å². The number of anilines is 1. The number of nitrogens with one attached hydrogen (secondary N) is 1. The number of benzene rings is 1. The second kappa shape index (κ2) is 5.03. The van der Waals surface area contributed by atoms with Crippen LogP contribution in [-0.4, -0.2) is 19.4 Å². The Labute approximate surface area is 104 Å². The summed E-state index contributed by atoms with van der Waals surface area (Å²) < 4.78 is 25.8. The molecule has 0 bridgehead atoms. The first-order valence-corrected chi connectivity index (χ1v) is 6.28. The Hall–Kier alpha value is -2.11. The van der Waals surface area contributed by atoms with E-state index < -0.39 is 26.7 Å². The first-order valence-electron chi connectivity index (χ1n) is 4.80. The molecule has 1 aromatic rings. The molecule has 96 valence electrons. The van der Waals surface area contributed by atoms with Gasteiger partial charge in [0, 0.05) is 6.07 Å². The van der Waals surface area contributed by atoms with Crippen molar-refractivity contribution in [1.82, 2.24) is 4.72 Å². The van der Waals surface area contributed by atoms with Crippen molar-refractivity contribution in [1.29, 1.82) is 0 Å². The van der Waals surface area contributed by atoms with Gasteiger partial charge in [0.25, 0.3) is 5.69 Å². The molecule has 0 aliphatic heterocycles. The van der Waals surface area contributed by atoms with Crippen LogP contribution >= 0.6 is 0 Å². The number of nitrogens with two attached hydrogens (primary N) is 1. The van der Waals surface area contributed by atoms with Crippen molar-refractivity contribution in [2.75, 3.05) is 5.73 Å². The van der Waals surface area contributed by atoms with Gasteiger partial charge in [-0.15, -0.1) is 6.42 Å². The summed E-state index contributed by atoms with van der Waals surface area (Å²) in [5, 5.41) is 10.7. The maximum absolute atomic E-state index is 11.8. The summed E-state index contributed by atoms with van der Waals surface area (Å²) in [6.45, 7) is 1.48. The maximum Gasteiger partial charge on any atom is 0.293 e. The quantitative estimate of drug-likeness (QED) is 0.357. The van der Waals surface area contributed by atoms with E-state index in [-0.39, 0.29) is 10.6 Å². The molecule has 1 aromatic carbocycles. The lowest BCUT2D eigenvalue weighted by atomic mass is 10.3. The Morgan fingerprint density at radius 3 is 2.67 bits per heavy atom. The zero-order valence-electron chi connectivity index (χ0n) is 9.45. The Kier molecular flexibility index (Phi) is 3.90. The highest BCUT2D eigenvalue weighted by atomic mass is 32.2. The molecule has 3 N–H and O–H groups in total. The molecule has 0 saturated heterocycles. The summed E-state index contributed by atoms with van der Waals surface area (Å²) >= 11 is 0. The van der Waals surface area contributed by atoms with Crippen LogP contribution in [0.1, 0.15) is 6.92 Å². The smallest absolute Gasteiger partial charge is 0.293 e. The predicted molar refractivity (Wildman–Crippen MR) is 66.1 cm³/mol. The summed E-state index contributed by atoms with van der Waals surface area (Å²) in [4.78, 5) is 9.65.